The third-order valence-electron chi connectivity index (χ3n) is 4.74. The van der Waals surface area contributed by atoms with Gasteiger partial charge in [0.05, 0.1) is 18.0 Å². The van der Waals surface area contributed by atoms with Gasteiger partial charge in [-0.2, -0.15) is 4.98 Å². The first-order chi connectivity index (χ1) is 16.8. The summed E-state index contributed by atoms with van der Waals surface area (Å²) >= 11 is 0. The molecule has 10 heteroatoms. The molecule has 35 heavy (non-hydrogen) atoms. The molecule has 1 aromatic heterocycles. The number of anilines is 2. The van der Waals surface area contributed by atoms with Crippen LogP contribution in [0.5, 0.6) is 6.01 Å². The SMILES string of the molecule is CC(C)COc1nc(-c2cccc(F)c2)n(-c2cccc(NC(=O)Nc3ccc(F)cc3F)c2)n1. The molecule has 0 radical (unpaired) electrons. The Kier molecular flexibility index (Phi) is 7.00. The normalized spacial score (nSPS) is 10.9. The Morgan fingerprint density at radius 1 is 0.971 bits per heavy atom. The number of nitrogens with one attached hydrogen (secondary N) is 2. The molecule has 3 aromatic carbocycles. The van der Waals surface area contributed by atoms with Gasteiger partial charge in [0.1, 0.15) is 17.5 Å². The summed E-state index contributed by atoms with van der Waals surface area (Å²) in [5.41, 5.74) is 1.20. The Morgan fingerprint density at radius 2 is 1.74 bits per heavy atom. The zero-order valence-corrected chi connectivity index (χ0v) is 18.9. The third kappa shape index (κ3) is 5.97. The summed E-state index contributed by atoms with van der Waals surface area (Å²) in [7, 11) is 0. The van der Waals surface area contributed by atoms with E-state index in [2.05, 4.69) is 20.7 Å². The average molecular weight is 481 g/mol. The van der Waals surface area contributed by atoms with Crippen molar-refractivity contribution in [1.29, 1.82) is 0 Å². The predicted octanol–water partition coefficient (Wildman–Crippen LogP) is 6.03. The van der Waals surface area contributed by atoms with E-state index in [1.807, 2.05) is 13.8 Å². The maximum absolute atomic E-state index is 13.9. The molecule has 0 bridgehead atoms. The highest BCUT2D eigenvalue weighted by Crippen LogP contribution is 2.26. The van der Waals surface area contributed by atoms with Crippen LogP contribution in [0.1, 0.15) is 13.8 Å². The summed E-state index contributed by atoms with van der Waals surface area (Å²) in [6.07, 6.45) is 0. The fourth-order valence-electron chi connectivity index (χ4n) is 3.18. The summed E-state index contributed by atoms with van der Waals surface area (Å²) in [6.45, 7) is 4.37. The Hall–Kier alpha value is -4.34. The fraction of sp³-hybridized carbons (Fsp3) is 0.160. The van der Waals surface area contributed by atoms with Gasteiger partial charge in [-0.15, -0.1) is 5.10 Å². The number of ether oxygens (including phenoxy) is 1. The topological polar surface area (TPSA) is 81.1 Å². The Morgan fingerprint density at radius 3 is 2.49 bits per heavy atom. The molecule has 0 aliphatic carbocycles. The second kappa shape index (κ2) is 10.3. The molecule has 0 aliphatic rings. The summed E-state index contributed by atoms with van der Waals surface area (Å²) in [4.78, 5) is 16.8. The van der Waals surface area contributed by atoms with Crippen molar-refractivity contribution in [3.05, 3.63) is 84.2 Å². The van der Waals surface area contributed by atoms with Gasteiger partial charge >= 0.3 is 12.0 Å². The minimum absolute atomic E-state index is 0.126. The highest BCUT2D eigenvalue weighted by atomic mass is 19.1. The van der Waals surface area contributed by atoms with E-state index in [1.165, 1.54) is 16.8 Å². The molecular formula is C25H22F3N5O2. The molecule has 4 rings (SSSR count). The quantitative estimate of drug-likeness (QED) is 0.338. The van der Waals surface area contributed by atoms with Gasteiger partial charge in [-0.1, -0.05) is 32.0 Å². The van der Waals surface area contributed by atoms with Crippen molar-refractivity contribution in [1.82, 2.24) is 14.8 Å². The van der Waals surface area contributed by atoms with E-state index in [-0.39, 0.29) is 17.6 Å². The number of nitrogens with zero attached hydrogens (tertiary/aromatic N) is 3. The standard InChI is InChI=1S/C25H22F3N5O2/c1-15(2)14-35-25-31-23(16-5-3-6-17(26)11-16)33(32-25)20-8-4-7-19(13-20)29-24(34)30-22-10-9-18(27)12-21(22)28/h3-13,15H,14H2,1-2H3,(H2,29,30,34). The first kappa shape index (κ1) is 23.8. The van der Waals surface area contributed by atoms with Crippen LogP contribution in [-0.4, -0.2) is 27.4 Å². The predicted molar refractivity (Wildman–Crippen MR) is 126 cm³/mol. The zero-order valence-electron chi connectivity index (χ0n) is 18.9. The van der Waals surface area contributed by atoms with E-state index < -0.39 is 23.5 Å². The van der Waals surface area contributed by atoms with Crippen LogP contribution in [0.25, 0.3) is 17.1 Å². The third-order valence-corrected chi connectivity index (χ3v) is 4.74. The van der Waals surface area contributed by atoms with E-state index in [1.54, 1.807) is 36.4 Å². The number of urea groups is 1. The second-order valence-corrected chi connectivity index (χ2v) is 8.10. The monoisotopic (exact) mass is 481 g/mol. The zero-order chi connectivity index (χ0) is 24.9. The van der Waals surface area contributed by atoms with E-state index in [0.29, 0.717) is 35.4 Å². The van der Waals surface area contributed by atoms with Crippen LogP contribution in [0.15, 0.2) is 66.7 Å². The number of aromatic nitrogens is 3. The molecule has 0 saturated carbocycles. The minimum Gasteiger partial charge on any atom is -0.462 e. The van der Waals surface area contributed by atoms with Crippen LogP contribution in [-0.2, 0) is 0 Å². The van der Waals surface area contributed by atoms with Gasteiger partial charge < -0.3 is 15.4 Å². The Labute approximate surface area is 199 Å². The van der Waals surface area contributed by atoms with Crippen molar-refractivity contribution in [3.8, 4) is 23.1 Å². The average Bonchev–Trinajstić information content (AvgIpc) is 3.24. The molecule has 0 atom stereocenters. The van der Waals surface area contributed by atoms with E-state index in [9.17, 15) is 18.0 Å². The van der Waals surface area contributed by atoms with Gasteiger partial charge in [0.25, 0.3) is 0 Å². The van der Waals surface area contributed by atoms with Gasteiger partial charge in [-0.05, 0) is 48.4 Å². The van der Waals surface area contributed by atoms with Crippen molar-refractivity contribution in [2.24, 2.45) is 5.92 Å². The highest BCUT2D eigenvalue weighted by molar-refractivity contribution is 6.00. The molecule has 7 nitrogen and oxygen atoms in total. The van der Waals surface area contributed by atoms with Crippen LogP contribution < -0.4 is 15.4 Å². The van der Waals surface area contributed by atoms with Gasteiger partial charge in [-0.25, -0.2) is 22.6 Å². The number of carbonyl (C=O) groups is 1. The number of hydrogen-bond acceptors (Lipinski definition) is 4. The molecule has 0 fully saturated rings. The van der Waals surface area contributed by atoms with Gasteiger partial charge in [0.2, 0.25) is 0 Å². The van der Waals surface area contributed by atoms with E-state index in [4.69, 9.17) is 4.74 Å². The van der Waals surface area contributed by atoms with Crippen molar-refractivity contribution in [3.63, 3.8) is 0 Å². The number of hydrogen-bond donors (Lipinski definition) is 2. The maximum Gasteiger partial charge on any atom is 0.336 e. The van der Waals surface area contributed by atoms with Gasteiger partial charge in [0.15, 0.2) is 5.82 Å². The van der Waals surface area contributed by atoms with Crippen LogP contribution in [0.3, 0.4) is 0 Å². The number of amides is 2. The lowest BCUT2D eigenvalue weighted by atomic mass is 10.2. The first-order valence-corrected chi connectivity index (χ1v) is 10.8. The Balaban J connectivity index is 1.61. The fourth-order valence-corrected chi connectivity index (χ4v) is 3.18. The first-order valence-electron chi connectivity index (χ1n) is 10.8. The lowest BCUT2D eigenvalue weighted by Crippen LogP contribution is -2.20. The van der Waals surface area contributed by atoms with Crippen molar-refractivity contribution < 1.29 is 22.7 Å². The number of carbonyl (C=O) groups excluding carboxylic acids is 1. The lowest BCUT2D eigenvalue weighted by Gasteiger charge is -2.11. The maximum atomic E-state index is 13.9. The number of benzene rings is 3. The van der Waals surface area contributed by atoms with Crippen LogP contribution >= 0.6 is 0 Å². The van der Waals surface area contributed by atoms with Crippen molar-refractivity contribution >= 4 is 17.4 Å². The molecule has 1 heterocycles. The van der Waals surface area contributed by atoms with Gasteiger partial charge in [-0.3, -0.25) is 0 Å². The number of rotatable bonds is 7. The molecule has 2 N–H and O–H groups in total. The van der Waals surface area contributed by atoms with Crippen LogP contribution in [0, 0.1) is 23.4 Å². The summed E-state index contributed by atoms with van der Waals surface area (Å²) in [5.74, 6) is -1.48. The molecule has 2 amide bonds. The molecule has 0 aliphatic heterocycles. The number of halogens is 3. The molecule has 4 aromatic rings. The van der Waals surface area contributed by atoms with Crippen LogP contribution in [0.2, 0.25) is 0 Å². The summed E-state index contributed by atoms with van der Waals surface area (Å²) in [6, 6.07) is 14.8. The van der Waals surface area contributed by atoms with E-state index >= 15 is 0 Å². The van der Waals surface area contributed by atoms with Crippen molar-refractivity contribution in [2.45, 2.75) is 13.8 Å². The van der Waals surface area contributed by atoms with E-state index in [0.717, 1.165) is 12.1 Å². The largest absolute Gasteiger partial charge is 0.462 e. The Bertz CT molecular complexity index is 1360. The molecule has 0 saturated heterocycles. The minimum atomic E-state index is -0.898. The summed E-state index contributed by atoms with van der Waals surface area (Å²) in [5, 5.41) is 9.34. The molecular weight excluding hydrogens is 459 g/mol. The van der Waals surface area contributed by atoms with Crippen LogP contribution in [0.4, 0.5) is 29.3 Å². The second-order valence-electron chi connectivity index (χ2n) is 8.10. The summed E-state index contributed by atoms with van der Waals surface area (Å²) < 4.78 is 48.0. The smallest absolute Gasteiger partial charge is 0.336 e. The molecule has 0 unspecified atom stereocenters. The molecule has 0 spiro atoms. The van der Waals surface area contributed by atoms with Crippen molar-refractivity contribution in [2.75, 3.05) is 17.2 Å². The lowest BCUT2D eigenvalue weighted by molar-refractivity contribution is 0.251. The van der Waals surface area contributed by atoms with Gasteiger partial charge in [0, 0.05) is 17.3 Å². The highest BCUT2D eigenvalue weighted by Gasteiger charge is 2.17. The molecule has 180 valence electrons.